The van der Waals surface area contributed by atoms with Crippen LogP contribution in [0.2, 0.25) is 5.02 Å². The normalized spacial score (nSPS) is 11.0. The number of carbonyl (C=O) groups excluding carboxylic acids is 1. The molecule has 0 atom stereocenters. The van der Waals surface area contributed by atoms with Crippen LogP contribution in [0.25, 0.3) is 0 Å². The highest BCUT2D eigenvalue weighted by atomic mass is 35.5. The van der Waals surface area contributed by atoms with Crippen molar-refractivity contribution in [2.75, 3.05) is 10.7 Å². The summed E-state index contributed by atoms with van der Waals surface area (Å²) in [5.74, 6) is -1.36. The van der Waals surface area contributed by atoms with E-state index in [1.807, 2.05) is 0 Å². The first kappa shape index (κ1) is 21.8. The first-order valence-corrected chi connectivity index (χ1v) is 9.23. The molecule has 0 saturated carbocycles. The molecule has 0 aliphatic carbocycles. The molecule has 0 radical (unpaired) electrons. The van der Waals surface area contributed by atoms with Gasteiger partial charge in [-0.1, -0.05) is 24.2 Å². The van der Waals surface area contributed by atoms with Crippen LogP contribution in [0.15, 0.2) is 66.4 Å². The van der Waals surface area contributed by atoms with Gasteiger partial charge in [-0.15, -0.1) is 0 Å². The van der Waals surface area contributed by atoms with Gasteiger partial charge in [0.15, 0.2) is 0 Å². The SMILES string of the molecule is C=CC(=O)Nc1cccc(Oc2nc(N/N=C(\C)c3ccc(F)cc3F)ncc2Cl)c1. The van der Waals surface area contributed by atoms with Gasteiger partial charge in [0.1, 0.15) is 22.4 Å². The zero-order valence-electron chi connectivity index (χ0n) is 16.2. The number of hydrazone groups is 1. The minimum atomic E-state index is -0.743. The molecule has 3 rings (SSSR count). The molecular formula is C21H16ClF2N5O2. The van der Waals surface area contributed by atoms with Crippen LogP contribution in [0.5, 0.6) is 11.6 Å². The van der Waals surface area contributed by atoms with E-state index in [4.69, 9.17) is 16.3 Å². The Morgan fingerprint density at radius 1 is 1.26 bits per heavy atom. The number of amides is 1. The summed E-state index contributed by atoms with van der Waals surface area (Å²) < 4.78 is 32.6. The van der Waals surface area contributed by atoms with E-state index in [-0.39, 0.29) is 34.0 Å². The van der Waals surface area contributed by atoms with Gasteiger partial charge < -0.3 is 10.1 Å². The van der Waals surface area contributed by atoms with Crippen molar-refractivity contribution in [3.63, 3.8) is 0 Å². The molecule has 0 unspecified atom stereocenters. The first-order valence-electron chi connectivity index (χ1n) is 8.85. The number of anilines is 2. The Hall–Kier alpha value is -3.85. The topological polar surface area (TPSA) is 88.5 Å². The van der Waals surface area contributed by atoms with E-state index < -0.39 is 11.6 Å². The van der Waals surface area contributed by atoms with Crippen molar-refractivity contribution < 1.29 is 18.3 Å². The molecule has 1 heterocycles. The van der Waals surface area contributed by atoms with E-state index in [0.29, 0.717) is 11.4 Å². The van der Waals surface area contributed by atoms with Crippen molar-refractivity contribution in [2.45, 2.75) is 6.92 Å². The van der Waals surface area contributed by atoms with Crippen LogP contribution in [0.4, 0.5) is 20.4 Å². The lowest BCUT2D eigenvalue weighted by atomic mass is 10.1. The molecular weight excluding hydrogens is 428 g/mol. The first-order chi connectivity index (χ1) is 14.9. The maximum atomic E-state index is 13.9. The number of halogens is 3. The Morgan fingerprint density at radius 2 is 2.06 bits per heavy atom. The molecule has 10 heteroatoms. The molecule has 0 fully saturated rings. The smallest absolute Gasteiger partial charge is 0.247 e. The van der Waals surface area contributed by atoms with Crippen LogP contribution in [0.1, 0.15) is 12.5 Å². The second kappa shape index (κ2) is 9.77. The summed E-state index contributed by atoms with van der Waals surface area (Å²) in [6.07, 6.45) is 2.45. The third-order valence-corrected chi connectivity index (χ3v) is 4.12. The number of rotatable bonds is 7. The van der Waals surface area contributed by atoms with Gasteiger partial charge in [-0.3, -0.25) is 4.79 Å². The molecule has 2 aromatic carbocycles. The van der Waals surface area contributed by atoms with E-state index in [2.05, 4.69) is 32.4 Å². The Morgan fingerprint density at radius 3 is 2.81 bits per heavy atom. The molecule has 2 N–H and O–H groups in total. The minimum absolute atomic E-state index is 0.0344. The lowest BCUT2D eigenvalue weighted by Gasteiger charge is -2.10. The second-order valence-electron chi connectivity index (χ2n) is 6.10. The number of hydrogen-bond donors (Lipinski definition) is 2. The number of ether oxygens (including phenoxy) is 1. The van der Waals surface area contributed by atoms with Crippen molar-refractivity contribution in [1.82, 2.24) is 9.97 Å². The van der Waals surface area contributed by atoms with Crippen molar-refractivity contribution in [2.24, 2.45) is 5.10 Å². The van der Waals surface area contributed by atoms with Gasteiger partial charge in [-0.2, -0.15) is 10.1 Å². The molecule has 0 bridgehead atoms. The number of nitrogens with zero attached hydrogens (tertiary/aromatic N) is 3. The predicted octanol–water partition coefficient (Wildman–Crippen LogP) is 5.16. The number of benzene rings is 2. The Bertz CT molecular complexity index is 1170. The van der Waals surface area contributed by atoms with Gasteiger partial charge in [-0.05, 0) is 37.3 Å². The Kier molecular flexibility index (Phi) is 6.88. The molecule has 0 aliphatic rings. The number of hydrogen-bond acceptors (Lipinski definition) is 6. The second-order valence-corrected chi connectivity index (χ2v) is 6.51. The fourth-order valence-electron chi connectivity index (χ4n) is 2.40. The van der Waals surface area contributed by atoms with Gasteiger partial charge in [0.2, 0.25) is 17.7 Å². The summed E-state index contributed by atoms with van der Waals surface area (Å²) in [7, 11) is 0. The molecule has 7 nitrogen and oxygen atoms in total. The predicted molar refractivity (Wildman–Crippen MR) is 115 cm³/mol. The van der Waals surface area contributed by atoms with Crippen LogP contribution < -0.4 is 15.5 Å². The monoisotopic (exact) mass is 443 g/mol. The lowest BCUT2D eigenvalue weighted by Crippen LogP contribution is -2.07. The van der Waals surface area contributed by atoms with Gasteiger partial charge in [0, 0.05) is 23.4 Å². The summed E-state index contributed by atoms with van der Waals surface area (Å²) in [5.41, 5.74) is 3.45. The van der Waals surface area contributed by atoms with Gasteiger partial charge in [0.05, 0.1) is 11.9 Å². The van der Waals surface area contributed by atoms with Crippen LogP contribution in [0, 0.1) is 11.6 Å². The largest absolute Gasteiger partial charge is 0.437 e. The molecule has 0 spiro atoms. The minimum Gasteiger partial charge on any atom is -0.437 e. The van der Waals surface area contributed by atoms with E-state index in [0.717, 1.165) is 18.2 Å². The molecule has 1 aromatic heterocycles. The van der Waals surface area contributed by atoms with Crippen molar-refractivity contribution in [3.05, 3.63) is 83.5 Å². The number of aromatic nitrogens is 2. The molecule has 0 saturated heterocycles. The molecule has 1 amide bonds. The van der Waals surface area contributed by atoms with Crippen molar-refractivity contribution in [3.8, 4) is 11.6 Å². The van der Waals surface area contributed by atoms with Gasteiger partial charge in [-0.25, -0.2) is 19.2 Å². The van der Waals surface area contributed by atoms with E-state index in [9.17, 15) is 13.6 Å². The van der Waals surface area contributed by atoms with E-state index in [1.54, 1.807) is 31.2 Å². The Labute approximate surface area is 181 Å². The van der Waals surface area contributed by atoms with E-state index in [1.165, 1.54) is 12.3 Å². The summed E-state index contributed by atoms with van der Waals surface area (Å²) in [6, 6.07) is 9.75. The highest BCUT2D eigenvalue weighted by Crippen LogP contribution is 2.29. The maximum Gasteiger partial charge on any atom is 0.247 e. The average Bonchev–Trinajstić information content (AvgIpc) is 2.74. The van der Waals surface area contributed by atoms with Crippen molar-refractivity contribution >= 4 is 34.9 Å². The zero-order valence-corrected chi connectivity index (χ0v) is 17.0. The lowest BCUT2D eigenvalue weighted by molar-refractivity contribution is -0.111. The van der Waals surface area contributed by atoms with Crippen LogP contribution >= 0.6 is 11.6 Å². The fraction of sp³-hybridized carbons (Fsp3) is 0.0476. The highest BCUT2D eigenvalue weighted by molar-refractivity contribution is 6.31. The average molecular weight is 444 g/mol. The van der Waals surface area contributed by atoms with Gasteiger partial charge in [0.25, 0.3) is 0 Å². The highest BCUT2D eigenvalue weighted by Gasteiger charge is 2.10. The van der Waals surface area contributed by atoms with Crippen LogP contribution in [-0.2, 0) is 4.79 Å². The third kappa shape index (κ3) is 5.83. The molecule has 158 valence electrons. The molecule has 31 heavy (non-hydrogen) atoms. The number of nitrogens with one attached hydrogen (secondary N) is 2. The van der Waals surface area contributed by atoms with Gasteiger partial charge >= 0.3 is 0 Å². The fourth-order valence-corrected chi connectivity index (χ4v) is 2.53. The summed E-state index contributed by atoms with van der Waals surface area (Å²) in [6.45, 7) is 4.93. The molecule has 0 aliphatic heterocycles. The Balaban J connectivity index is 1.77. The summed E-state index contributed by atoms with van der Waals surface area (Å²) >= 11 is 6.11. The van der Waals surface area contributed by atoms with Crippen molar-refractivity contribution in [1.29, 1.82) is 0 Å². The standard InChI is InChI=1S/C21H16ClF2N5O2/c1-3-19(30)26-14-5-4-6-15(10-14)31-20-17(22)11-25-21(27-20)29-28-12(2)16-8-7-13(23)9-18(16)24/h3-11H,1H2,2H3,(H,26,30)(H,25,27,29)/b28-12+. The van der Waals surface area contributed by atoms with E-state index >= 15 is 0 Å². The third-order valence-electron chi connectivity index (χ3n) is 3.86. The maximum absolute atomic E-state index is 13.9. The van der Waals surface area contributed by atoms with Crippen LogP contribution in [0.3, 0.4) is 0 Å². The molecule has 3 aromatic rings. The number of carbonyl (C=O) groups is 1. The van der Waals surface area contributed by atoms with Crippen LogP contribution in [-0.4, -0.2) is 21.6 Å². The zero-order chi connectivity index (χ0) is 22.4. The summed E-state index contributed by atoms with van der Waals surface area (Å²) in [4.78, 5) is 19.6. The summed E-state index contributed by atoms with van der Waals surface area (Å²) in [5, 5.41) is 6.76. The quantitative estimate of drug-likeness (QED) is 0.299.